The number of hydrogen-bond acceptors (Lipinski definition) is 7. The molecule has 1 rings (SSSR count). The minimum absolute atomic E-state index is 0.0433. The maximum absolute atomic E-state index is 12.2. The summed E-state index contributed by atoms with van der Waals surface area (Å²) in [5.74, 6) is -0.905. The average molecular weight is 370 g/mol. The van der Waals surface area contributed by atoms with E-state index in [1.54, 1.807) is 20.8 Å². The van der Waals surface area contributed by atoms with Crippen molar-refractivity contribution >= 4 is 40.4 Å². The Bertz CT molecular complexity index is 570. The fraction of sp³-hybridized carbons (Fsp3) is 0.688. The first-order valence-corrected chi connectivity index (χ1v) is 9.13. The Morgan fingerprint density at radius 1 is 1.36 bits per heavy atom. The van der Waals surface area contributed by atoms with Crippen LogP contribution in [0.3, 0.4) is 0 Å². The number of ether oxygens (including phenoxy) is 1. The van der Waals surface area contributed by atoms with E-state index >= 15 is 0 Å². The van der Waals surface area contributed by atoms with Crippen LogP contribution in [0.15, 0.2) is 10.2 Å². The maximum atomic E-state index is 12.2. The van der Waals surface area contributed by atoms with E-state index in [9.17, 15) is 14.4 Å². The molecule has 0 spiro atoms. The molecule has 2 amide bonds. The van der Waals surface area contributed by atoms with E-state index in [1.165, 1.54) is 0 Å². The highest BCUT2D eigenvalue weighted by Crippen LogP contribution is 2.22. The van der Waals surface area contributed by atoms with Crippen molar-refractivity contribution in [2.24, 2.45) is 16.1 Å². The lowest BCUT2D eigenvalue weighted by Gasteiger charge is -2.19. The Hall–Kier alpha value is -1.90. The first-order valence-electron chi connectivity index (χ1n) is 8.25. The van der Waals surface area contributed by atoms with Crippen LogP contribution < -0.4 is 10.6 Å². The van der Waals surface area contributed by atoms with Crippen molar-refractivity contribution in [3.63, 3.8) is 0 Å². The molecule has 140 valence electrons. The van der Waals surface area contributed by atoms with Gasteiger partial charge in [-0.05, 0) is 33.1 Å². The molecule has 0 saturated carbocycles. The lowest BCUT2D eigenvalue weighted by Crippen LogP contribution is -2.44. The van der Waals surface area contributed by atoms with Crippen LogP contribution in [0.1, 0.15) is 47.5 Å². The van der Waals surface area contributed by atoms with Gasteiger partial charge in [-0.25, -0.2) is 4.79 Å². The summed E-state index contributed by atoms with van der Waals surface area (Å²) in [6.07, 6.45) is 0.435. The SMILES string of the molecule is CCOC(=O)C(CC(C)C)NC(=O)CC1SC(=NN=C(C)C)NC1=O. The van der Waals surface area contributed by atoms with Crippen molar-refractivity contribution in [3.8, 4) is 0 Å². The van der Waals surface area contributed by atoms with Crippen LogP contribution in [0, 0.1) is 5.92 Å². The van der Waals surface area contributed by atoms with Gasteiger partial charge in [0.15, 0.2) is 5.17 Å². The van der Waals surface area contributed by atoms with Crippen LogP contribution in [0.2, 0.25) is 0 Å². The number of amidine groups is 1. The highest BCUT2D eigenvalue weighted by atomic mass is 32.2. The van der Waals surface area contributed by atoms with Gasteiger partial charge in [0.25, 0.3) is 0 Å². The van der Waals surface area contributed by atoms with Crippen LogP contribution in [0.5, 0.6) is 0 Å². The van der Waals surface area contributed by atoms with Crippen LogP contribution in [0.25, 0.3) is 0 Å². The lowest BCUT2D eigenvalue weighted by atomic mass is 10.0. The summed E-state index contributed by atoms with van der Waals surface area (Å²) in [6, 6.07) is -0.706. The molecule has 1 aliphatic rings. The summed E-state index contributed by atoms with van der Waals surface area (Å²) in [6.45, 7) is 9.46. The predicted molar refractivity (Wildman–Crippen MR) is 98.4 cm³/mol. The van der Waals surface area contributed by atoms with Crippen LogP contribution >= 0.6 is 11.8 Å². The molecule has 2 unspecified atom stereocenters. The molecule has 0 aromatic carbocycles. The van der Waals surface area contributed by atoms with Crippen molar-refractivity contribution in [1.29, 1.82) is 0 Å². The summed E-state index contributed by atoms with van der Waals surface area (Å²) in [5, 5.41) is 12.8. The number of rotatable bonds is 8. The second-order valence-electron chi connectivity index (χ2n) is 6.25. The van der Waals surface area contributed by atoms with Gasteiger partial charge in [0.1, 0.15) is 11.3 Å². The van der Waals surface area contributed by atoms with Crippen molar-refractivity contribution in [2.75, 3.05) is 6.61 Å². The summed E-state index contributed by atoms with van der Waals surface area (Å²) in [4.78, 5) is 36.1. The highest BCUT2D eigenvalue weighted by molar-refractivity contribution is 8.15. The van der Waals surface area contributed by atoms with Gasteiger partial charge in [0, 0.05) is 12.1 Å². The van der Waals surface area contributed by atoms with E-state index in [1.807, 2.05) is 13.8 Å². The molecule has 0 radical (unpaired) electrons. The molecule has 8 nitrogen and oxygen atoms in total. The third-order valence-corrected chi connectivity index (χ3v) is 4.17. The number of thioether (sulfide) groups is 1. The monoisotopic (exact) mass is 370 g/mol. The Balaban J connectivity index is 2.64. The van der Waals surface area contributed by atoms with Crippen LogP contribution in [-0.2, 0) is 19.1 Å². The summed E-state index contributed by atoms with van der Waals surface area (Å²) in [5.41, 5.74) is 0.759. The molecule has 1 heterocycles. The standard InChI is InChI=1S/C16H26N4O4S/c1-6-24-15(23)11(7-9(2)3)17-13(21)8-12-14(22)18-16(25-12)20-19-10(4)5/h9,11-12H,6-8H2,1-5H3,(H,17,21)(H,18,20,22). The molecular weight excluding hydrogens is 344 g/mol. The molecule has 1 saturated heterocycles. The number of nitrogens with zero attached hydrogens (tertiary/aromatic N) is 2. The summed E-state index contributed by atoms with van der Waals surface area (Å²) in [7, 11) is 0. The second kappa shape index (κ2) is 10.2. The van der Waals surface area contributed by atoms with E-state index in [4.69, 9.17) is 4.74 Å². The highest BCUT2D eigenvalue weighted by Gasteiger charge is 2.33. The Kier molecular flexibility index (Phi) is 8.60. The normalized spacial score (nSPS) is 19.5. The van der Waals surface area contributed by atoms with Crippen molar-refractivity contribution < 1.29 is 19.1 Å². The fourth-order valence-corrected chi connectivity index (χ4v) is 3.00. The Morgan fingerprint density at radius 2 is 2.04 bits per heavy atom. The van der Waals surface area contributed by atoms with Gasteiger partial charge in [-0.3, -0.25) is 9.59 Å². The van der Waals surface area contributed by atoms with E-state index in [0.717, 1.165) is 17.5 Å². The van der Waals surface area contributed by atoms with Gasteiger partial charge in [0.05, 0.1) is 6.61 Å². The Morgan fingerprint density at radius 3 is 2.60 bits per heavy atom. The van der Waals surface area contributed by atoms with Crippen molar-refractivity contribution in [2.45, 2.75) is 58.8 Å². The molecule has 25 heavy (non-hydrogen) atoms. The molecule has 9 heteroatoms. The molecule has 0 aromatic heterocycles. The van der Waals surface area contributed by atoms with Gasteiger partial charge in [-0.15, -0.1) is 5.10 Å². The predicted octanol–water partition coefficient (Wildman–Crippen LogP) is 1.45. The average Bonchev–Trinajstić information content (AvgIpc) is 2.84. The number of amides is 2. The number of nitrogens with one attached hydrogen (secondary N) is 2. The molecule has 1 fully saturated rings. The smallest absolute Gasteiger partial charge is 0.328 e. The zero-order chi connectivity index (χ0) is 19.0. The first-order chi connectivity index (χ1) is 11.7. The minimum atomic E-state index is -0.706. The Labute approximate surface area is 152 Å². The van der Waals surface area contributed by atoms with E-state index in [2.05, 4.69) is 20.8 Å². The zero-order valence-corrected chi connectivity index (χ0v) is 16.1. The number of carbonyl (C=O) groups excluding carboxylic acids is 3. The van der Waals surface area contributed by atoms with Gasteiger partial charge in [-0.1, -0.05) is 25.6 Å². The molecule has 2 N–H and O–H groups in total. The number of esters is 1. The molecular formula is C16H26N4O4S. The molecule has 0 aromatic rings. The zero-order valence-electron chi connectivity index (χ0n) is 15.3. The number of hydrogen-bond donors (Lipinski definition) is 2. The third-order valence-electron chi connectivity index (χ3n) is 3.10. The minimum Gasteiger partial charge on any atom is -0.464 e. The number of carbonyl (C=O) groups is 3. The third kappa shape index (κ3) is 7.68. The van der Waals surface area contributed by atoms with Gasteiger partial charge in [0.2, 0.25) is 11.8 Å². The van der Waals surface area contributed by atoms with Gasteiger partial charge in [-0.2, -0.15) is 5.10 Å². The quantitative estimate of drug-likeness (QED) is 0.382. The second-order valence-corrected chi connectivity index (χ2v) is 7.45. The first kappa shape index (κ1) is 21.1. The largest absolute Gasteiger partial charge is 0.464 e. The van der Waals surface area contributed by atoms with Gasteiger partial charge < -0.3 is 15.4 Å². The molecule has 0 aliphatic carbocycles. The maximum Gasteiger partial charge on any atom is 0.328 e. The van der Waals surface area contributed by atoms with Crippen molar-refractivity contribution in [1.82, 2.24) is 10.6 Å². The lowest BCUT2D eigenvalue weighted by molar-refractivity contribution is -0.147. The summed E-state index contributed by atoms with van der Waals surface area (Å²) < 4.78 is 5.00. The van der Waals surface area contributed by atoms with E-state index in [0.29, 0.717) is 11.6 Å². The molecule has 2 atom stereocenters. The van der Waals surface area contributed by atoms with Crippen LogP contribution in [0.4, 0.5) is 0 Å². The topological polar surface area (TPSA) is 109 Å². The molecule has 1 aliphatic heterocycles. The van der Waals surface area contributed by atoms with E-state index < -0.39 is 17.3 Å². The van der Waals surface area contributed by atoms with Crippen LogP contribution in [-0.4, -0.2) is 46.6 Å². The van der Waals surface area contributed by atoms with Gasteiger partial charge >= 0.3 is 5.97 Å². The van der Waals surface area contributed by atoms with E-state index in [-0.39, 0.29) is 30.8 Å². The van der Waals surface area contributed by atoms with Crippen molar-refractivity contribution in [3.05, 3.63) is 0 Å². The summed E-state index contributed by atoms with van der Waals surface area (Å²) >= 11 is 1.15. The fourth-order valence-electron chi connectivity index (χ4n) is 2.08. The molecule has 0 bridgehead atoms.